The van der Waals surface area contributed by atoms with Gasteiger partial charge in [-0.3, -0.25) is 0 Å². The van der Waals surface area contributed by atoms with Gasteiger partial charge in [0.2, 0.25) is 0 Å². The SMILES string of the molecule is C=C(NCC(F)(F)CC)C(=C)/C(C)=C/C1=C(C)N(C(=C)N)[C@@]2(C)CCN1C2. The van der Waals surface area contributed by atoms with Gasteiger partial charge in [-0.05, 0) is 44.4 Å². The first-order valence-corrected chi connectivity index (χ1v) is 9.31. The van der Waals surface area contributed by atoms with Gasteiger partial charge in [0.15, 0.2) is 0 Å². The highest BCUT2D eigenvalue weighted by Gasteiger charge is 2.45. The molecular weight excluding hydrogens is 346 g/mol. The molecule has 0 aliphatic carbocycles. The third-order valence-corrected chi connectivity index (χ3v) is 5.60. The molecule has 1 saturated heterocycles. The van der Waals surface area contributed by atoms with E-state index in [0.717, 1.165) is 36.5 Å². The Hall–Kier alpha value is -2.24. The Morgan fingerprint density at radius 1 is 1.37 bits per heavy atom. The van der Waals surface area contributed by atoms with Crippen molar-refractivity contribution in [1.82, 2.24) is 15.1 Å². The van der Waals surface area contributed by atoms with Gasteiger partial charge in [-0.15, -0.1) is 0 Å². The van der Waals surface area contributed by atoms with Crippen molar-refractivity contribution < 1.29 is 8.78 Å². The lowest BCUT2D eigenvalue weighted by molar-refractivity contribution is 0.000871. The fraction of sp³-hybridized carbons (Fsp3) is 0.524. The van der Waals surface area contributed by atoms with E-state index in [-0.39, 0.29) is 12.0 Å². The molecule has 27 heavy (non-hydrogen) atoms. The number of allylic oxidation sites excluding steroid dienone is 3. The van der Waals surface area contributed by atoms with Crippen molar-refractivity contribution in [2.75, 3.05) is 19.6 Å². The summed E-state index contributed by atoms with van der Waals surface area (Å²) in [5, 5.41) is 2.71. The van der Waals surface area contributed by atoms with Crippen LogP contribution in [0.4, 0.5) is 8.78 Å². The van der Waals surface area contributed by atoms with Gasteiger partial charge in [-0.2, -0.15) is 0 Å². The van der Waals surface area contributed by atoms with Crippen molar-refractivity contribution in [3.05, 3.63) is 59.9 Å². The van der Waals surface area contributed by atoms with Crippen molar-refractivity contribution in [2.24, 2.45) is 5.73 Å². The summed E-state index contributed by atoms with van der Waals surface area (Å²) < 4.78 is 26.9. The zero-order valence-electron chi connectivity index (χ0n) is 17.0. The molecule has 2 bridgehead atoms. The quantitative estimate of drug-likeness (QED) is 0.625. The van der Waals surface area contributed by atoms with Crippen molar-refractivity contribution in [3.63, 3.8) is 0 Å². The number of hydrogen-bond donors (Lipinski definition) is 2. The van der Waals surface area contributed by atoms with Crippen molar-refractivity contribution in [3.8, 4) is 0 Å². The van der Waals surface area contributed by atoms with Gasteiger partial charge in [0.25, 0.3) is 5.92 Å². The van der Waals surface area contributed by atoms with E-state index in [2.05, 4.69) is 41.8 Å². The number of hydrogen-bond acceptors (Lipinski definition) is 4. The maximum absolute atomic E-state index is 13.5. The van der Waals surface area contributed by atoms with Crippen LogP contribution in [0.2, 0.25) is 0 Å². The van der Waals surface area contributed by atoms with Crippen LogP contribution in [0.15, 0.2) is 59.9 Å². The van der Waals surface area contributed by atoms with Crippen molar-refractivity contribution in [1.29, 1.82) is 0 Å². The normalized spacial score (nSPS) is 23.0. The summed E-state index contributed by atoms with van der Waals surface area (Å²) in [5.41, 5.74) is 10.0. The van der Waals surface area contributed by atoms with Gasteiger partial charge in [-0.1, -0.05) is 26.7 Å². The lowest BCUT2D eigenvalue weighted by Gasteiger charge is -2.45. The Morgan fingerprint density at radius 3 is 2.56 bits per heavy atom. The molecule has 2 rings (SSSR count). The summed E-state index contributed by atoms with van der Waals surface area (Å²) in [6, 6.07) is 0. The molecule has 2 aliphatic heterocycles. The van der Waals surface area contributed by atoms with Gasteiger partial charge in [-0.25, -0.2) is 8.78 Å². The summed E-state index contributed by atoms with van der Waals surface area (Å²) in [6.07, 6.45) is 2.81. The number of nitrogens with one attached hydrogen (secondary N) is 1. The van der Waals surface area contributed by atoms with E-state index in [1.54, 1.807) is 0 Å². The lowest BCUT2D eigenvalue weighted by atomic mass is 9.95. The molecule has 0 spiro atoms. The van der Waals surface area contributed by atoms with Crippen LogP contribution in [0.5, 0.6) is 0 Å². The highest BCUT2D eigenvalue weighted by atomic mass is 19.3. The van der Waals surface area contributed by atoms with Crippen molar-refractivity contribution >= 4 is 0 Å². The van der Waals surface area contributed by atoms with Crippen molar-refractivity contribution in [2.45, 2.75) is 52.0 Å². The summed E-state index contributed by atoms with van der Waals surface area (Å²) >= 11 is 0. The first kappa shape index (κ1) is 21.1. The van der Waals surface area contributed by atoms with E-state index in [1.165, 1.54) is 6.92 Å². The average molecular weight is 379 g/mol. The second-order valence-electron chi connectivity index (χ2n) is 7.81. The summed E-state index contributed by atoms with van der Waals surface area (Å²) in [7, 11) is 0. The molecule has 1 atom stereocenters. The fourth-order valence-corrected chi connectivity index (χ4v) is 3.84. The number of nitrogens with two attached hydrogens (primary N) is 1. The van der Waals surface area contributed by atoms with Crippen LogP contribution >= 0.6 is 0 Å². The van der Waals surface area contributed by atoms with E-state index in [9.17, 15) is 8.78 Å². The van der Waals surface area contributed by atoms with Crippen LogP contribution in [0.25, 0.3) is 0 Å². The Bertz CT molecular complexity index is 720. The fourth-order valence-electron chi connectivity index (χ4n) is 3.84. The molecule has 0 amide bonds. The van der Waals surface area contributed by atoms with Crippen LogP contribution in [-0.4, -0.2) is 40.9 Å². The average Bonchev–Trinajstić information content (AvgIpc) is 2.94. The van der Waals surface area contributed by atoms with Gasteiger partial charge in [0, 0.05) is 30.9 Å². The van der Waals surface area contributed by atoms with Gasteiger partial charge < -0.3 is 20.9 Å². The van der Waals surface area contributed by atoms with Crippen LogP contribution < -0.4 is 11.1 Å². The lowest BCUT2D eigenvalue weighted by Crippen LogP contribution is -2.51. The maximum atomic E-state index is 13.5. The summed E-state index contributed by atoms with van der Waals surface area (Å²) in [6.45, 7) is 20.8. The molecule has 0 radical (unpaired) electrons. The second-order valence-corrected chi connectivity index (χ2v) is 7.81. The molecule has 150 valence electrons. The standard InChI is InChI=1S/C21H32F2N4/c1-8-21(22,23)12-25-16(4)15(3)14(2)11-19-17(5)27(18(6)24)20(7)9-10-26(19)13-20/h11,25H,3-4,6,8-10,12-13,24H2,1-2,5,7H3/b14-11+/t20-/m0/s1. The van der Waals surface area contributed by atoms with Crippen LogP contribution in [0, 0.1) is 0 Å². The van der Waals surface area contributed by atoms with E-state index in [1.807, 2.05) is 19.9 Å². The predicted molar refractivity (Wildman–Crippen MR) is 108 cm³/mol. The van der Waals surface area contributed by atoms with E-state index < -0.39 is 12.5 Å². The minimum Gasteiger partial charge on any atom is -0.386 e. The van der Waals surface area contributed by atoms with Crippen LogP contribution in [0.1, 0.15) is 40.5 Å². The molecule has 0 aromatic heterocycles. The van der Waals surface area contributed by atoms with Gasteiger partial charge in [0.1, 0.15) is 0 Å². The third kappa shape index (κ3) is 4.20. The van der Waals surface area contributed by atoms with Crippen LogP contribution in [-0.2, 0) is 0 Å². The zero-order valence-corrected chi connectivity index (χ0v) is 17.0. The molecular formula is C21H32F2N4. The largest absolute Gasteiger partial charge is 0.386 e. The molecule has 0 aromatic carbocycles. The number of alkyl halides is 2. The summed E-state index contributed by atoms with van der Waals surface area (Å²) in [4.78, 5) is 4.43. The maximum Gasteiger partial charge on any atom is 0.264 e. The molecule has 3 N–H and O–H groups in total. The second kappa shape index (κ2) is 7.41. The number of rotatable bonds is 8. The smallest absolute Gasteiger partial charge is 0.264 e. The monoisotopic (exact) mass is 378 g/mol. The number of fused-ring (bicyclic) bond motifs is 2. The van der Waals surface area contributed by atoms with Crippen LogP contribution in [0.3, 0.4) is 0 Å². The predicted octanol–water partition coefficient (Wildman–Crippen LogP) is 4.08. The molecule has 0 aromatic rings. The molecule has 0 saturated carbocycles. The number of halogens is 2. The molecule has 1 fully saturated rings. The molecule has 2 heterocycles. The zero-order chi connectivity index (χ0) is 20.6. The topological polar surface area (TPSA) is 44.5 Å². The minimum absolute atomic E-state index is 0.0466. The molecule has 6 heteroatoms. The highest BCUT2D eigenvalue weighted by molar-refractivity contribution is 5.46. The first-order valence-electron chi connectivity index (χ1n) is 9.31. The highest BCUT2D eigenvalue weighted by Crippen LogP contribution is 2.41. The Labute approximate surface area is 161 Å². The van der Waals surface area contributed by atoms with Gasteiger partial charge >= 0.3 is 0 Å². The van der Waals surface area contributed by atoms with E-state index in [4.69, 9.17) is 5.73 Å². The third-order valence-electron chi connectivity index (χ3n) is 5.60. The molecule has 0 unspecified atom stereocenters. The van der Waals surface area contributed by atoms with E-state index >= 15 is 0 Å². The summed E-state index contributed by atoms with van der Waals surface area (Å²) in [5.74, 6) is -2.22. The van der Waals surface area contributed by atoms with Gasteiger partial charge in [0.05, 0.1) is 23.6 Å². The van der Waals surface area contributed by atoms with E-state index in [0.29, 0.717) is 17.1 Å². The molecule has 2 aliphatic rings. The Balaban J connectivity index is 2.22. The first-order chi connectivity index (χ1) is 12.4. The Kier molecular flexibility index (Phi) is 5.78. The minimum atomic E-state index is -2.76. The Morgan fingerprint density at radius 2 is 2.00 bits per heavy atom. The number of nitrogens with zero attached hydrogens (tertiary/aromatic N) is 2. The molecule has 4 nitrogen and oxygen atoms in total.